The highest BCUT2D eigenvalue weighted by Crippen LogP contribution is 2.32. The summed E-state index contributed by atoms with van der Waals surface area (Å²) >= 11 is 7.21. The van der Waals surface area contributed by atoms with E-state index in [1.54, 1.807) is 0 Å². The Labute approximate surface area is 112 Å². The van der Waals surface area contributed by atoms with Gasteiger partial charge in [0.25, 0.3) is 0 Å². The van der Waals surface area contributed by atoms with Gasteiger partial charge in [-0.1, -0.05) is 12.8 Å². The predicted octanol–water partition coefficient (Wildman–Crippen LogP) is 2.85. The summed E-state index contributed by atoms with van der Waals surface area (Å²) in [7, 11) is 2.09. The third-order valence-corrected chi connectivity index (χ3v) is 4.23. The molecule has 0 bridgehead atoms. The van der Waals surface area contributed by atoms with Gasteiger partial charge in [0.05, 0.1) is 0 Å². The van der Waals surface area contributed by atoms with Crippen molar-refractivity contribution in [1.82, 2.24) is 14.8 Å². The van der Waals surface area contributed by atoms with Gasteiger partial charge in [-0.05, 0) is 31.3 Å². The summed E-state index contributed by atoms with van der Waals surface area (Å²) in [5.74, 6) is 2.11. The third-order valence-electron chi connectivity index (χ3n) is 3.35. The SMILES string of the molecule is CSCCN(C)c1n[nH]c(=S)n1C1CCCC1. The van der Waals surface area contributed by atoms with Crippen molar-refractivity contribution >= 4 is 29.9 Å². The van der Waals surface area contributed by atoms with Gasteiger partial charge in [-0.15, -0.1) is 5.10 Å². The van der Waals surface area contributed by atoms with Crippen LogP contribution in [0.25, 0.3) is 0 Å². The standard InChI is InChI=1S/C11H20N4S2/c1-14(7-8-17-2)10-12-13-11(16)15(10)9-5-3-4-6-9/h9H,3-8H2,1-2H3,(H,13,16). The Morgan fingerprint density at radius 3 is 2.88 bits per heavy atom. The molecule has 0 unspecified atom stereocenters. The largest absolute Gasteiger partial charge is 0.343 e. The van der Waals surface area contributed by atoms with E-state index in [1.807, 2.05) is 11.8 Å². The molecule has 1 aromatic heterocycles. The van der Waals surface area contributed by atoms with Gasteiger partial charge in [0.2, 0.25) is 5.95 Å². The number of aromatic nitrogens is 3. The molecular formula is C11H20N4S2. The molecule has 0 aliphatic heterocycles. The molecule has 4 nitrogen and oxygen atoms in total. The Balaban J connectivity index is 2.19. The highest BCUT2D eigenvalue weighted by molar-refractivity contribution is 7.98. The summed E-state index contributed by atoms with van der Waals surface area (Å²) in [6.07, 6.45) is 7.22. The average Bonchev–Trinajstić information content (AvgIpc) is 2.94. The topological polar surface area (TPSA) is 36.9 Å². The second kappa shape index (κ2) is 5.91. The second-order valence-corrected chi connectivity index (χ2v) is 5.92. The van der Waals surface area contributed by atoms with Crippen molar-refractivity contribution in [1.29, 1.82) is 0 Å². The minimum Gasteiger partial charge on any atom is -0.343 e. The Morgan fingerprint density at radius 2 is 2.24 bits per heavy atom. The molecule has 1 N–H and O–H groups in total. The fourth-order valence-electron chi connectivity index (χ4n) is 2.39. The van der Waals surface area contributed by atoms with Crippen LogP contribution in [0.15, 0.2) is 0 Å². The molecule has 17 heavy (non-hydrogen) atoms. The number of hydrogen-bond acceptors (Lipinski definition) is 4. The molecule has 1 aromatic rings. The third kappa shape index (κ3) is 2.85. The second-order valence-electron chi connectivity index (χ2n) is 4.55. The zero-order valence-corrected chi connectivity index (χ0v) is 12.1. The lowest BCUT2D eigenvalue weighted by molar-refractivity contribution is 0.510. The number of nitrogens with zero attached hydrogens (tertiary/aromatic N) is 3. The predicted molar refractivity (Wildman–Crippen MR) is 76.6 cm³/mol. The highest BCUT2D eigenvalue weighted by atomic mass is 32.2. The summed E-state index contributed by atoms with van der Waals surface area (Å²) in [5, 5.41) is 7.31. The molecule has 1 aliphatic carbocycles. The van der Waals surface area contributed by atoms with Crippen LogP contribution in [0.2, 0.25) is 0 Å². The minimum absolute atomic E-state index is 0.549. The molecule has 0 saturated heterocycles. The van der Waals surface area contributed by atoms with E-state index < -0.39 is 0 Å². The number of H-pyrrole nitrogens is 1. The van der Waals surface area contributed by atoms with E-state index in [4.69, 9.17) is 12.2 Å². The van der Waals surface area contributed by atoms with Crippen LogP contribution >= 0.6 is 24.0 Å². The maximum Gasteiger partial charge on any atom is 0.225 e. The smallest absolute Gasteiger partial charge is 0.225 e. The lowest BCUT2D eigenvalue weighted by Gasteiger charge is -2.21. The van der Waals surface area contributed by atoms with E-state index in [0.29, 0.717) is 6.04 Å². The number of nitrogens with one attached hydrogen (secondary N) is 1. The molecule has 96 valence electrons. The van der Waals surface area contributed by atoms with Crippen molar-refractivity contribution in [3.05, 3.63) is 4.77 Å². The van der Waals surface area contributed by atoms with Crippen molar-refractivity contribution in [3.8, 4) is 0 Å². The van der Waals surface area contributed by atoms with E-state index in [0.717, 1.165) is 23.0 Å². The molecule has 2 rings (SSSR count). The van der Waals surface area contributed by atoms with Gasteiger partial charge in [0.15, 0.2) is 4.77 Å². The zero-order valence-electron chi connectivity index (χ0n) is 10.5. The van der Waals surface area contributed by atoms with Gasteiger partial charge >= 0.3 is 0 Å². The van der Waals surface area contributed by atoms with Gasteiger partial charge in [-0.2, -0.15) is 11.8 Å². The van der Waals surface area contributed by atoms with Crippen LogP contribution in [0.4, 0.5) is 5.95 Å². The van der Waals surface area contributed by atoms with Crippen LogP contribution in [-0.2, 0) is 0 Å². The van der Waals surface area contributed by atoms with Gasteiger partial charge < -0.3 is 4.90 Å². The number of aromatic amines is 1. The summed E-state index contributed by atoms with van der Waals surface area (Å²) < 4.78 is 2.98. The van der Waals surface area contributed by atoms with Gasteiger partial charge in [0.1, 0.15) is 0 Å². The molecule has 1 saturated carbocycles. The fraction of sp³-hybridized carbons (Fsp3) is 0.818. The molecule has 1 heterocycles. The number of hydrogen-bond donors (Lipinski definition) is 1. The lowest BCUT2D eigenvalue weighted by Crippen LogP contribution is -2.25. The first-order valence-electron chi connectivity index (χ1n) is 6.11. The van der Waals surface area contributed by atoms with Gasteiger partial charge in [-0.25, -0.2) is 5.10 Å². The summed E-state index contributed by atoms with van der Waals surface area (Å²) in [4.78, 5) is 2.20. The number of anilines is 1. The molecule has 0 atom stereocenters. The molecule has 6 heteroatoms. The van der Waals surface area contributed by atoms with Gasteiger partial charge in [-0.3, -0.25) is 4.57 Å². The molecule has 0 spiro atoms. The lowest BCUT2D eigenvalue weighted by atomic mass is 10.2. The van der Waals surface area contributed by atoms with Crippen LogP contribution < -0.4 is 4.90 Å². The molecule has 1 aliphatic rings. The first-order valence-corrected chi connectivity index (χ1v) is 7.91. The first kappa shape index (κ1) is 13.0. The number of thioether (sulfide) groups is 1. The van der Waals surface area contributed by atoms with Crippen molar-refractivity contribution in [2.75, 3.05) is 30.5 Å². The summed E-state index contributed by atoms with van der Waals surface area (Å²) in [6, 6.07) is 0.549. The Bertz CT molecular complexity index is 406. The van der Waals surface area contributed by atoms with Crippen LogP contribution in [0.3, 0.4) is 0 Å². The van der Waals surface area contributed by atoms with Crippen LogP contribution in [0.1, 0.15) is 31.7 Å². The Kier molecular flexibility index (Phi) is 4.50. The summed E-state index contributed by atoms with van der Waals surface area (Å²) in [5.41, 5.74) is 0. The Hall–Kier alpha value is -0.490. The monoisotopic (exact) mass is 272 g/mol. The normalized spacial score (nSPS) is 16.6. The minimum atomic E-state index is 0.549. The molecule has 0 amide bonds. The van der Waals surface area contributed by atoms with Gasteiger partial charge in [0, 0.05) is 25.4 Å². The van der Waals surface area contributed by atoms with Crippen LogP contribution in [0.5, 0.6) is 0 Å². The molecule has 0 radical (unpaired) electrons. The zero-order chi connectivity index (χ0) is 12.3. The summed E-state index contributed by atoms with van der Waals surface area (Å²) in [6.45, 7) is 1.01. The van der Waals surface area contributed by atoms with E-state index in [1.165, 1.54) is 25.7 Å². The maximum absolute atomic E-state index is 5.35. The van der Waals surface area contributed by atoms with E-state index in [-0.39, 0.29) is 0 Å². The number of rotatable bonds is 5. The Morgan fingerprint density at radius 1 is 1.53 bits per heavy atom. The van der Waals surface area contributed by atoms with E-state index in [2.05, 4.69) is 33.0 Å². The highest BCUT2D eigenvalue weighted by Gasteiger charge is 2.22. The van der Waals surface area contributed by atoms with E-state index >= 15 is 0 Å². The average molecular weight is 272 g/mol. The molecule has 0 aromatic carbocycles. The molecular weight excluding hydrogens is 252 g/mol. The van der Waals surface area contributed by atoms with Crippen molar-refractivity contribution in [2.24, 2.45) is 0 Å². The first-order chi connectivity index (χ1) is 8.24. The fourth-order valence-corrected chi connectivity index (χ4v) is 3.12. The van der Waals surface area contributed by atoms with E-state index in [9.17, 15) is 0 Å². The van der Waals surface area contributed by atoms with Crippen molar-refractivity contribution < 1.29 is 0 Å². The quantitative estimate of drug-likeness (QED) is 0.836. The van der Waals surface area contributed by atoms with Crippen molar-refractivity contribution in [2.45, 2.75) is 31.7 Å². The van der Waals surface area contributed by atoms with Crippen molar-refractivity contribution in [3.63, 3.8) is 0 Å². The van der Waals surface area contributed by atoms with Crippen LogP contribution in [-0.4, -0.2) is 40.4 Å². The maximum atomic E-state index is 5.35. The molecule has 1 fully saturated rings. The van der Waals surface area contributed by atoms with Crippen LogP contribution in [0, 0.1) is 4.77 Å².